The summed E-state index contributed by atoms with van der Waals surface area (Å²) in [6.45, 7) is -1.88. The highest BCUT2D eigenvalue weighted by molar-refractivity contribution is 6.01. The Hall–Kier alpha value is -2.91. The molecule has 0 atom stereocenters. The Kier molecular flexibility index (Phi) is 5.73. The van der Waals surface area contributed by atoms with Crippen LogP contribution in [-0.4, -0.2) is 38.6 Å². The van der Waals surface area contributed by atoms with Crippen LogP contribution in [0.1, 0.15) is 32.0 Å². The van der Waals surface area contributed by atoms with E-state index in [1.165, 1.54) is 0 Å². The maximum absolute atomic E-state index is 13.1. The summed E-state index contributed by atoms with van der Waals surface area (Å²) in [5.74, 6) is -3.97. The molecule has 1 aromatic carbocycles. The van der Waals surface area contributed by atoms with Crippen molar-refractivity contribution in [2.24, 2.45) is 0 Å². The Morgan fingerprint density at radius 2 is 1.76 bits per heavy atom. The minimum Gasteiger partial charge on any atom is -0.505 e. The van der Waals surface area contributed by atoms with Crippen molar-refractivity contribution in [3.63, 3.8) is 0 Å². The van der Waals surface area contributed by atoms with E-state index in [4.69, 9.17) is 5.11 Å². The number of hydrogen-bond donors (Lipinski definition) is 4. The molecule has 4 N–H and O–H groups in total. The van der Waals surface area contributed by atoms with E-state index in [9.17, 15) is 28.6 Å². The van der Waals surface area contributed by atoms with Gasteiger partial charge in [0.2, 0.25) is 5.78 Å². The molecule has 0 aliphatic carbocycles. The normalized spacial score (nSPS) is 10.6. The standard InChI is InChI=1S/C16H14F2N2O5/c17-9-1-8(2-10(18)3-9)4-20-16(25)11-5-19-14(13(23)7-22)15(24)12(11)6-21/h1-3,5,21-22,24H,4,6-7H2,(H,20,25). The first-order valence-electron chi connectivity index (χ1n) is 7.06. The Bertz CT molecular complexity index is 806. The second-order valence-corrected chi connectivity index (χ2v) is 5.05. The number of amides is 1. The van der Waals surface area contributed by atoms with Gasteiger partial charge in [-0.1, -0.05) is 0 Å². The number of benzene rings is 1. The summed E-state index contributed by atoms with van der Waals surface area (Å²) < 4.78 is 26.2. The van der Waals surface area contributed by atoms with Crippen molar-refractivity contribution in [2.45, 2.75) is 13.2 Å². The third-order valence-corrected chi connectivity index (χ3v) is 3.34. The molecule has 0 saturated carbocycles. The first-order chi connectivity index (χ1) is 11.9. The zero-order valence-electron chi connectivity index (χ0n) is 12.8. The molecule has 0 saturated heterocycles. The average molecular weight is 352 g/mol. The average Bonchev–Trinajstić information content (AvgIpc) is 2.57. The van der Waals surface area contributed by atoms with Gasteiger partial charge in [0.05, 0.1) is 12.2 Å². The molecule has 7 nitrogen and oxygen atoms in total. The summed E-state index contributed by atoms with van der Waals surface area (Å²) in [5.41, 5.74) is -0.781. The smallest absolute Gasteiger partial charge is 0.253 e. The number of hydrogen-bond acceptors (Lipinski definition) is 6. The third kappa shape index (κ3) is 4.14. The number of nitrogens with zero attached hydrogens (tertiary/aromatic N) is 1. The zero-order valence-corrected chi connectivity index (χ0v) is 12.8. The van der Waals surface area contributed by atoms with E-state index in [1.807, 2.05) is 0 Å². The van der Waals surface area contributed by atoms with Crippen LogP contribution in [0, 0.1) is 11.6 Å². The predicted octanol–water partition coefficient (Wildman–Crippen LogP) is 0.663. The van der Waals surface area contributed by atoms with Gasteiger partial charge in [-0.05, 0) is 17.7 Å². The van der Waals surface area contributed by atoms with Crippen LogP contribution in [0.25, 0.3) is 0 Å². The molecule has 1 heterocycles. The highest BCUT2D eigenvalue weighted by Crippen LogP contribution is 2.25. The van der Waals surface area contributed by atoms with Gasteiger partial charge in [0.25, 0.3) is 5.91 Å². The van der Waals surface area contributed by atoms with E-state index in [0.29, 0.717) is 6.07 Å². The third-order valence-electron chi connectivity index (χ3n) is 3.34. The van der Waals surface area contributed by atoms with Crippen molar-refractivity contribution in [3.05, 3.63) is 58.4 Å². The van der Waals surface area contributed by atoms with Crippen molar-refractivity contribution in [3.8, 4) is 5.75 Å². The summed E-state index contributed by atoms with van der Waals surface area (Å²) in [7, 11) is 0. The molecule has 2 aromatic rings. The fourth-order valence-electron chi connectivity index (χ4n) is 2.16. The van der Waals surface area contributed by atoms with Gasteiger partial charge in [-0.15, -0.1) is 0 Å². The van der Waals surface area contributed by atoms with Crippen molar-refractivity contribution in [1.29, 1.82) is 0 Å². The predicted molar refractivity (Wildman–Crippen MR) is 80.8 cm³/mol. The molecule has 2 rings (SSSR count). The Morgan fingerprint density at radius 3 is 2.32 bits per heavy atom. The van der Waals surface area contributed by atoms with Crippen molar-refractivity contribution in [1.82, 2.24) is 10.3 Å². The van der Waals surface area contributed by atoms with Gasteiger partial charge in [-0.3, -0.25) is 9.59 Å². The summed E-state index contributed by atoms with van der Waals surface area (Å²) in [6, 6.07) is 2.76. The van der Waals surface area contributed by atoms with E-state index in [-0.39, 0.29) is 23.2 Å². The highest BCUT2D eigenvalue weighted by Gasteiger charge is 2.21. The van der Waals surface area contributed by atoms with Crippen LogP contribution in [0.15, 0.2) is 24.4 Å². The monoisotopic (exact) mass is 352 g/mol. The molecular weight excluding hydrogens is 338 g/mol. The molecule has 0 aliphatic heterocycles. The fraction of sp³-hybridized carbons (Fsp3) is 0.188. The molecular formula is C16H14F2N2O5. The lowest BCUT2D eigenvalue weighted by Crippen LogP contribution is -2.25. The molecule has 0 fully saturated rings. The largest absolute Gasteiger partial charge is 0.505 e. The Labute approximate surface area is 140 Å². The van der Waals surface area contributed by atoms with Gasteiger partial charge in [0.15, 0.2) is 11.4 Å². The van der Waals surface area contributed by atoms with E-state index in [1.54, 1.807) is 0 Å². The number of pyridine rings is 1. The SMILES string of the molecule is O=C(NCc1cc(F)cc(F)c1)c1cnc(C(=O)CO)c(O)c1CO. The number of nitrogens with one attached hydrogen (secondary N) is 1. The zero-order chi connectivity index (χ0) is 18.6. The minimum absolute atomic E-state index is 0.167. The number of carbonyl (C=O) groups is 2. The second kappa shape index (κ2) is 7.77. The molecule has 1 aromatic heterocycles. The van der Waals surface area contributed by atoms with Crippen LogP contribution < -0.4 is 5.32 Å². The lowest BCUT2D eigenvalue weighted by molar-refractivity contribution is 0.0891. The number of aliphatic hydroxyl groups excluding tert-OH is 2. The van der Waals surface area contributed by atoms with E-state index in [2.05, 4.69) is 10.3 Å². The number of rotatable bonds is 6. The van der Waals surface area contributed by atoms with E-state index < -0.39 is 48.0 Å². The van der Waals surface area contributed by atoms with Gasteiger partial charge < -0.3 is 20.6 Å². The van der Waals surface area contributed by atoms with Gasteiger partial charge in [-0.2, -0.15) is 0 Å². The Balaban J connectivity index is 2.24. The summed E-state index contributed by atoms with van der Waals surface area (Å²) >= 11 is 0. The van der Waals surface area contributed by atoms with Crippen LogP contribution in [0.3, 0.4) is 0 Å². The molecule has 0 radical (unpaired) electrons. The quantitative estimate of drug-likeness (QED) is 0.567. The molecule has 1 amide bonds. The number of aromatic hydroxyl groups is 1. The second-order valence-electron chi connectivity index (χ2n) is 5.05. The van der Waals surface area contributed by atoms with Crippen LogP contribution in [0.4, 0.5) is 8.78 Å². The molecule has 0 bridgehead atoms. The number of ketones is 1. The number of carbonyl (C=O) groups excluding carboxylic acids is 2. The fourth-order valence-corrected chi connectivity index (χ4v) is 2.16. The Morgan fingerprint density at radius 1 is 1.12 bits per heavy atom. The van der Waals surface area contributed by atoms with Crippen LogP contribution in [-0.2, 0) is 13.2 Å². The van der Waals surface area contributed by atoms with Crippen molar-refractivity contribution in [2.75, 3.05) is 6.61 Å². The van der Waals surface area contributed by atoms with Crippen molar-refractivity contribution >= 4 is 11.7 Å². The number of aliphatic hydroxyl groups is 2. The minimum atomic E-state index is -0.901. The van der Waals surface area contributed by atoms with Gasteiger partial charge in [-0.25, -0.2) is 13.8 Å². The first kappa shape index (κ1) is 18.4. The van der Waals surface area contributed by atoms with Gasteiger partial charge in [0.1, 0.15) is 18.2 Å². The molecule has 25 heavy (non-hydrogen) atoms. The molecule has 0 unspecified atom stereocenters. The van der Waals surface area contributed by atoms with E-state index >= 15 is 0 Å². The maximum atomic E-state index is 13.1. The maximum Gasteiger partial charge on any atom is 0.253 e. The van der Waals surface area contributed by atoms with Crippen LogP contribution >= 0.6 is 0 Å². The number of halogens is 2. The number of aromatic nitrogens is 1. The summed E-state index contributed by atoms with van der Waals surface area (Å²) in [4.78, 5) is 27.2. The molecule has 0 aliphatic rings. The van der Waals surface area contributed by atoms with Crippen LogP contribution in [0.5, 0.6) is 5.75 Å². The van der Waals surface area contributed by atoms with E-state index in [0.717, 1.165) is 18.3 Å². The first-order valence-corrected chi connectivity index (χ1v) is 7.06. The molecule has 132 valence electrons. The van der Waals surface area contributed by atoms with Gasteiger partial charge in [0, 0.05) is 24.4 Å². The van der Waals surface area contributed by atoms with Crippen LogP contribution in [0.2, 0.25) is 0 Å². The lowest BCUT2D eigenvalue weighted by atomic mass is 10.1. The van der Waals surface area contributed by atoms with Gasteiger partial charge >= 0.3 is 0 Å². The summed E-state index contributed by atoms with van der Waals surface area (Å²) in [5, 5.41) is 30.5. The highest BCUT2D eigenvalue weighted by atomic mass is 19.1. The topological polar surface area (TPSA) is 120 Å². The summed E-state index contributed by atoms with van der Waals surface area (Å²) in [6.07, 6.45) is 0.954. The molecule has 0 spiro atoms. The molecule has 9 heteroatoms. The lowest BCUT2D eigenvalue weighted by Gasteiger charge is -2.12. The number of Topliss-reactive ketones (excluding diaryl/α,β-unsaturated/α-hetero) is 1. The van der Waals surface area contributed by atoms with Crippen molar-refractivity contribution < 1.29 is 33.7 Å².